The molecule has 0 saturated heterocycles. The molecule has 1 aromatic heterocycles. The van der Waals surface area contributed by atoms with Gasteiger partial charge in [-0.25, -0.2) is 9.36 Å². The lowest BCUT2D eigenvalue weighted by Gasteiger charge is -2.15. The van der Waals surface area contributed by atoms with Gasteiger partial charge in [0.2, 0.25) is 0 Å². The average Bonchev–Trinajstić information content (AvgIpc) is 2.79. The maximum Gasteiger partial charge on any atom is 0.295 e. The zero-order chi connectivity index (χ0) is 15.7. The molecule has 3 aromatic rings. The Labute approximate surface area is 128 Å². The summed E-state index contributed by atoms with van der Waals surface area (Å²) >= 11 is 0. The Morgan fingerprint density at radius 2 is 1.59 bits per heavy atom. The Morgan fingerprint density at radius 3 is 2.27 bits per heavy atom. The smallest absolute Gasteiger partial charge is 0.295 e. The van der Waals surface area contributed by atoms with Crippen LogP contribution in [0, 0.1) is 6.92 Å². The van der Waals surface area contributed by atoms with E-state index in [1.807, 2.05) is 61.5 Å². The van der Waals surface area contributed by atoms with Crippen LogP contribution in [0.2, 0.25) is 0 Å². The molecule has 0 aliphatic carbocycles. The van der Waals surface area contributed by atoms with E-state index < -0.39 is 0 Å². The number of rotatable bonds is 3. The number of nitrogens with two attached hydrogens (primary N) is 1. The topological polar surface area (TPSA) is 62.2 Å². The first kappa shape index (κ1) is 14.0. The molecule has 0 bridgehead atoms. The van der Waals surface area contributed by atoms with Crippen LogP contribution in [-0.4, -0.2) is 16.5 Å². The number of nitrogens with zero attached hydrogens (tertiary/aromatic N) is 2. The van der Waals surface area contributed by atoms with Gasteiger partial charge in [-0.2, -0.15) is 0 Å². The van der Waals surface area contributed by atoms with Gasteiger partial charge in [0, 0.05) is 0 Å². The van der Waals surface area contributed by atoms with E-state index in [1.54, 1.807) is 16.5 Å². The number of methoxy groups -OCH3 is 1. The van der Waals surface area contributed by atoms with Crippen LogP contribution in [0.3, 0.4) is 0 Å². The van der Waals surface area contributed by atoms with Crippen molar-refractivity contribution in [1.82, 2.24) is 9.36 Å². The minimum atomic E-state index is -0.258. The lowest BCUT2D eigenvalue weighted by atomic mass is 10.3. The van der Waals surface area contributed by atoms with Crippen molar-refractivity contribution in [2.24, 2.45) is 0 Å². The van der Waals surface area contributed by atoms with E-state index in [1.165, 1.54) is 0 Å². The number of ether oxygens (including phenoxy) is 1. The van der Waals surface area contributed by atoms with Crippen molar-refractivity contribution in [2.75, 3.05) is 12.8 Å². The zero-order valence-electron chi connectivity index (χ0n) is 12.5. The molecular weight excluding hydrogens is 278 g/mol. The van der Waals surface area contributed by atoms with Crippen LogP contribution in [0.15, 0.2) is 59.4 Å². The molecule has 0 radical (unpaired) electrons. The molecule has 0 saturated carbocycles. The molecule has 2 aromatic carbocycles. The summed E-state index contributed by atoms with van der Waals surface area (Å²) in [7, 11) is 1.58. The van der Waals surface area contributed by atoms with E-state index in [4.69, 9.17) is 10.5 Å². The lowest BCUT2D eigenvalue weighted by Crippen LogP contribution is -2.22. The molecule has 3 rings (SSSR count). The molecule has 112 valence electrons. The molecule has 0 amide bonds. The Bertz CT molecular complexity index is 863. The zero-order valence-corrected chi connectivity index (χ0v) is 12.5. The van der Waals surface area contributed by atoms with Gasteiger partial charge in [-0.1, -0.05) is 30.3 Å². The molecule has 0 unspecified atom stereocenters. The molecular formula is C17H17N3O2. The van der Waals surface area contributed by atoms with Crippen molar-refractivity contribution >= 4 is 5.69 Å². The molecule has 0 atom stereocenters. The van der Waals surface area contributed by atoms with Crippen LogP contribution in [0.5, 0.6) is 5.75 Å². The standard InChI is InChI=1S/C17H17N3O2/c1-12-16(18)17(21)20(14-10-6-7-11-15(14)22-2)19(12)13-8-4-3-5-9-13/h3-11H,18H2,1-2H3. The number of para-hydroxylation sites is 3. The highest BCUT2D eigenvalue weighted by molar-refractivity contribution is 5.53. The van der Waals surface area contributed by atoms with Crippen LogP contribution in [0.25, 0.3) is 11.4 Å². The highest BCUT2D eigenvalue weighted by atomic mass is 16.5. The van der Waals surface area contributed by atoms with Crippen LogP contribution >= 0.6 is 0 Å². The number of anilines is 1. The van der Waals surface area contributed by atoms with Gasteiger partial charge in [-0.15, -0.1) is 0 Å². The predicted molar refractivity (Wildman–Crippen MR) is 87.1 cm³/mol. The minimum Gasteiger partial charge on any atom is -0.494 e. The molecule has 0 spiro atoms. The Balaban J connectivity index is 2.38. The SMILES string of the molecule is COc1ccccc1-n1c(=O)c(N)c(C)n1-c1ccccc1. The fourth-order valence-electron chi connectivity index (χ4n) is 2.52. The van der Waals surface area contributed by atoms with Crippen molar-refractivity contribution in [3.63, 3.8) is 0 Å². The first-order valence-corrected chi connectivity index (χ1v) is 6.94. The van der Waals surface area contributed by atoms with E-state index >= 15 is 0 Å². The van der Waals surface area contributed by atoms with Gasteiger partial charge in [-0.3, -0.25) is 4.79 Å². The van der Waals surface area contributed by atoms with E-state index in [2.05, 4.69) is 0 Å². The van der Waals surface area contributed by atoms with Crippen molar-refractivity contribution in [2.45, 2.75) is 6.92 Å². The maximum absolute atomic E-state index is 12.6. The molecule has 0 aliphatic heterocycles. The van der Waals surface area contributed by atoms with E-state index in [0.717, 1.165) is 5.69 Å². The molecule has 1 heterocycles. The van der Waals surface area contributed by atoms with Gasteiger partial charge in [0.25, 0.3) is 5.56 Å². The van der Waals surface area contributed by atoms with Crippen molar-refractivity contribution in [3.05, 3.63) is 70.6 Å². The number of nitrogen functional groups attached to an aromatic ring is 1. The van der Waals surface area contributed by atoms with Gasteiger partial charge >= 0.3 is 0 Å². The van der Waals surface area contributed by atoms with E-state index in [-0.39, 0.29) is 11.2 Å². The molecule has 5 nitrogen and oxygen atoms in total. The average molecular weight is 295 g/mol. The summed E-state index contributed by atoms with van der Waals surface area (Å²) in [6, 6.07) is 17.0. The summed E-state index contributed by atoms with van der Waals surface area (Å²) in [5.74, 6) is 0.610. The maximum atomic E-state index is 12.6. The quantitative estimate of drug-likeness (QED) is 0.807. The monoisotopic (exact) mass is 295 g/mol. The highest BCUT2D eigenvalue weighted by Crippen LogP contribution is 2.24. The van der Waals surface area contributed by atoms with Crippen LogP contribution < -0.4 is 16.0 Å². The second-order valence-electron chi connectivity index (χ2n) is 4.94. The largest absolute Gasteiger partial charge is 0.494 e. The highest BCUT2D eigenvalue weighted by Gasteiger charge is 2.19. The molecule has 0 fully saturated rings. The van der Waals surface area contributed by atoms with Gasteiger partial charge in [0.15, 0.2) is 0 Å². The third kappa shape index (κ3) is 2.07. The normalized spacial score (nSPS) is 10.6. The van der Waals surface area contributed by atoms with Crippen molar-refractivity contribution < 1.29 is 4.74 Å². The fraction of sp³-hybridized carbons (Fsp3) is 0.118. The summed E-state index contributed by atoms with van der Waals surface area (Å²) in [5, 5.41) is 0. The number of hydrogen-bond acceptors (Lipinski definition) is 3. The van der Waals surface area contributed by atoms with Gasteiger partial charge < -0.3 is 10.5 Å². The van der Waals surface area contributed by atoms with Crippen molar-refractivity contribution in [3.8, 4) is 17.1 Å². The Hall–Kier alpha value is -2.95. The van der Waals surface area contributed by atoms with Gasteiger partial charge in [-0.05, 0) is 31.2 Å². The third-order valence-corrected chi connectivity index (χ3v) is 3.64. The summed E-state index contributed by atoms with van der Waals surface area (Å²) < 4.78 is 8.72. The minimum absolute atomic E-state index is 0.231. The molecule has 2 N–H and O–H groups in total. The Kier molecular flexibility index (Phi) is 3.47. The summed E-state index contributed by atoms with van der Waals surface area (Å²) in [6.07, 6.45) is 0. The van der Waals surface area contributed by atoms with E-state index in [0.29, 0.717) is 17.1 Å². The van der Waals surface area contributed by atoms with Gasteiger partial charge in [0.05, 0.1) is 18.5 Å². The number of benzene rings is 2. The summed E-state index contributed by atoms with van der Waals surface area (Å²) in [5.41, 5.74) is 8.16. The second kappa shape index (κ2) is 5.44. The van der Waals surface area contributed by atoms with E-state index in [9.17, 15) is 4.79 Å². The molecule has 0 aliphatic rings. The lowest BCUT2D eigenvalue weighted by molar-refractivity contribution is 0.410. The first-order valence-electron chi connectivity index (χ1n) is 6.94. The predicted octanol–water partition coefficient (Wildman–Crippen LogP) is 2.53. The van der Waals surface area contributed by atoms with Crippen molar-refractivity contribution in [1.29, 1.82) is 0 Å². The summed E-state index contributed by atoms with van der Waals surface area (Å²) in [4.78, 5) is 12.6. The van der Waals surface area contributed by atoms with Crippen LogP contribution in [-0.2, 0) is 0 Å². The second-order valence-corrected chi connectivity index (χ2v) is 4.94. The molecule has 5 heteroatoms. The fourth-order valence-corrected chi connectivity index (χ4v) is 2.52. The van der Waals surface area contributed by atoms with Gasteiger partial charge in [0.1, 0.15) is 17.1 Å². The molecule has 22 heavy (non-hydrogen) atoms. The third-order valence-electron chi connectivity index (χ3n) is 3.64. The Morgan fingerprint density at radius 1 is 0.955 bits per heavy atom. The van der Waals surface area contributed by atoms with Crippen LogP contribution in [0.4, 0.5) is 5.69 Å². The number of hydrogen-bond donors (Lipinski definition) is 1. The first-order chi connectivity index (χ1) is 10.6. The number of aromatic nitrogens is 2. The summed E-state index contributed by atoms with van der Waals surface area (Å²) in [6.45, 7) is 1.83. The van der Waals surface area contributed by atoms with Crippen LogP contribution in [0.1, 0.15) is 5.69 Å².